The molecule has 0 bridgehead atoms. The molecule has 1 aliphatic rings. The number of allylic oxidation sites excluding steroid dienone is 1. The Labute approximate surface area is 160 Å². The summed E-state index contributed by atoms with van der Waals surface area (Å²) >= 11 is 0. The molecule has 0 amide bonds. The third-order valence-corrected chi connectivity index (χ3v) is 5.07. The number of H-pyrrole nitrogens is 1. The first kappa shape index (κ1) is 18.1. The molecule has 1 aliphatic carbocycles. The molecule has 28 heavy (non-hydrogen) atoms. The maximum atomic E-state index is 12.2. The normalized spacial score (nSPS) is 16.1. The minimum atomic E-state index is -1.01. The van der Waals surface area contributed by atoms with Crippen molar-refractivity contribution in [1.82, 2.24) is 25.1 Å². The molecule has 144 valence electrons. The Kier molecular flexibility index (Phi) is 4.79. The van der Waals surface area contributed by atoms with Crippen molar-refractivity contribution in [2.45, 2.75) is 38.4 Å². The molecule has 0 fully saturated rings. The van der Waals surface area contributed by atoms with Crippen LogP contribution >= 0.6 is 0 Å². The van der Waals surface area contributed by atoms with Crippen LogP contribution in [0.15, 0.2) is 41.7 Å². The summed E-state index contributed by atoms with van der Waals surface area (Å²) in [6.07, 6.45) is 3.88. The minimum absolute atomic E-state index is 0.0868. The number of carbonyl (C=O) groups is 1. The van der Waals surface area contributed by atoms with Crippen LogP contribution in [0.2, 0.25) is 0 Å². The van der Waals surface area contributed by atoms with Crippen LogP contribution < -0.4 is 10.9 Å². The van der Waals surface area contributed by atoms with E-state index in [1.807, 2.05) is 18.2 Å². The van der Waals surface area contributed by atoms with Crippen molar-refractivity contribution < 1.29 is 9.90 Å². The lowest BCUT2D eigenvalue weighted by molar-refractivity contribution is 0.0688. The highest BCUT2D eigenvalue weighted by Gasteiger charge is 2.28. The molecule has 2 aromatic heterocycles. The molecule has 2 heterocycles. The number of nitrogens with one attached hydrogen (secondary N) is 2. The van der Waals surface area contributed by atoms with Gasteiger partial charge in [0.25, 0.3) is 5.56 Å². The first-order chi connectivity index (χ1) is 13.6. The predicted octanol–water partition coefficient (Wildman–Crippen LogP) is 1.65. The SMILES string of the molecule is C=CCn1nc(C(=O)O)c2c1CCC(NCc1nc3ccccc3c(=O)[nH]1)C2. The highest BCUT2D eigenvalue weighted by atomic mass is 16.4. The van der Waals surface area contributed by atoms with E-state index < -0.39 is 5.97 Å². The van der Waals surface area contributed by atoms with Crippen LogP contribution in [-0.2, 0) is 25.9 Å². The van der Waals surface area contributed by atoms with Crippen LogP contribution in [0.4, 0.5) is 0 Å². The number of fused-ring (bicyclic) bond motifs is 2. The number of benzene rings is 1. The third kappa shape index (κ3) is 3.34. The number of carboxylic acid groups (broad SMARTS) is 1. The summed E-state index contributed by atoms with van der Waals surface area (Å²) in [6, 6.07) is 7.30. The van der Waals surface area contributed by atoms with Crippen molar-refractivity contribution in [2.75, 3.05) is 0 Å². The number of aromatic nitrogens is 4. The van der Waals surface area contributed by atoms with Gasteiger partial charge in [-0.3, -0.25) is 9.48 Å². The Hall–Kier alpha value is -3.26. The monoisotopic (exact) mass is 379 g/mol. The van der Waals surface area contributed by atoms with Gasteiger partial charge in [0.05, 0.1) is 24.0 Å². The lowest BCUT2D eigenvalue weighted by Crippen LogP contribution is -2.35. The first-order valence-electron chi connectivity index (χ1n) is 9.21. The number of hydrogen-bond donors (Lipinski definition) is 3. The Morgan fingerprint density at radius 1 is 1.43 bits per heavy atom. The minimum Gasteiger partial charge on any atom is -0.476 e. The van der Waals surface area contributed by atoms with E-state index in [1.165, 1.54) is 0 Å². The van der Waals surface area contributed by atoms with E-state index in [9.17, 15) is 14.7 Å². The predicted molar refractivity (Wildman–Crippen MR) is 104 cm³/mol. The molecule has 0 saturated carbocycles. The Morgan fingerprint density at radius 3 is 3.04 bits per heavy atom. The molecule has 3 N–H and O–H groups in total. The molecule has 1 unspecified atom stereocenters. The summed E-state index contributed by atoms with van der Waals surface area (Å²) in [5.41, 5.74) is 2.35. The second kappa shape index (κ2) is 7.40. The van der Waals surface area contributed by atoms with Crippen LogP contribution in [-0.4, -0.2) is 36.9 Å². The molecule has 0 radical (unpaired) electrons. The van der Waals surface area contributed by atoms with Crippen molar-refractivity contribution in [1.29, 1.82) is 0 Å². The zero-order chi connectivity index (χ0) is 19.7. The third-order valence-electron chi connectivity index (χ3n) is 5.07. The fraction of sp³-hybridized carbons (Fsp3) is 0.300. The van der Waals surface area contributed by atoms with Crippen LogP contribution in [0, 0.1) is 0 Å². The Bertz CT molecular complexity index is 1110. The Balaban J connectivity index is 1.52. The number of aromatic amines is 1. The molecular weight excluding hydrogens is 358 g/mol. The van der Waals surface area contributed by atoms with Gasteiger partial charge in [-0.25, -0.2) is 9.78 Å². The summed E-state index contributed by atoms with van der Waals surface area (Å²) < 4.78 is 1.73. The van der Waals surface area contributed by atoms with Crippen molar-refractivity contribution >= 4 is 16.9 Å². The zero-order valence-electron chi connectivity index (χ0n) is 15.3. The molecule has 4 rings (SSSR count). The second-order valence-corrected chi connectivity index (χ2v) is 6.90. The highest BCUT2D eigenvalue weighted by molar-refractivity contribution is 5.87. The summed E-state index contributed by atoms with van der Waals surface area (Å²) in [7, 11) is 0. The smallest absolute Gasteiger partial charge is 0.356 e. The molecule has 8 heteroatoms. The number of para-hydroxylation sites is 1. The molecule has 3 aromatic rings. The van der Waals surface area contributed by atoms with Gasteiger partial charge in [0, 0.05) is 17.3 Å². The molecule has 0 aliphatic heterocycles. The van der Waals surface area contributed by atoms with Crippen LogP contribution in [0.25, 0.3) is 10.9 Å². The average molecular weight is 379 g/mol. The van der Waals surface area contributed by atoms with E-state index in [0.717, 1.165) is 24.1 Å². The van der Waals surface area contributed by atoms with Gasteiger partial charge in [-0.1, -0.05) is 18.2 Å². The van der Waals surface area contributed by atoms with E-state index in [2.05, 4.69) is 27.0 Å². The van der Waals surface area contributed by atoms with Crippen molar-refractivity contribution in [3.8, 4) is 0 Å². The topological polar surface area (TPSA) is 113 Å². The molecule has 8 nitrogen and oxygen atoms in total. The second-order valence-electron chi connectivity index (χ2n) is 6.90. The zero-order valence-corrected chi connectivity index (χ0v) is 15.3. The summed E-state index contributed by atoms with van der Waals surface area (Å²) in [4.78, 5) is 31.1. The average Bonchev–Trinajstić information content (AvgIpc) is 3.05. The van der Waals surface area contributed by atoms with Gasteiger partial charge in [-0.05, 0) is 31.4 Å². The van der Waals surface area contributed by atoms with E-state index in [1.54, 1.807) is 16.8 Å². The maximum absolute atomic E-state index is 12.2. The van der Waals surface area contributed by atoms with Crippen molar-refractivity contribution in [3.63, 3.8) is 0 Å². The fourth-order valence-electron chi connectivity index (χ4n) is 3.77. The highest BCUT2D eigenvalue weighted by Crippen LogP contribution is 2.25. The van der Waals surface area contributed by atoms with Gasteiger partial charge < -0.3 is 15.4 Å². The van der Waals surface area contributed by atoms with Gasteiger partial charge in [0.15, 0.2) is 5.69 Å². The van der Waals surface area contributed by atoms with Gasteiger partial charge in [-0.15, -0.1) is 6.58 Å². The van der Waals surface area contributed by atoms with Crippen LogP contribution in [0.1, 0.15) is 34.0 Å². The first-order valence-corrected chi connectivity index (χ1v) is 9.21. The van der Waals surface area contributed by atoms with Gasteiger partial charge in [-0.2, -0.15) is 5.10 Å². The van der Waals surface area contributed by atoms with Crippen LogP contribution in [0.3, 0.4) is 0 Å². The number of carboxylic acids is 1. The summed E-state index contributed by atoms with van der Waals surface area (Å²) in [5.74, 6) is -0.449. The van der Waals surface area contributed by atoms with E-state index in [4.69, 9.17) is 0 Å². The summed E-state index contributed by atoms with van der Waals surface area (Å²) in [6.45, 7) is 4.61. The van der Waals surface area contributed by atoms with Gasteiger partial charge in [0.1, 0.15) is 5.82 Å². The lowest BCUT2D eigenvalue weighted by atomic mass is 9.91. The quantitative estimate of drug-likeness (QED) is 0.562. The molecular formula is C20H21N5O3. The Morgan fingerprint density at radius 2 is 2.25 bits per heavy atom. The number of aromatic carboxylic acids is 1. The van der Waals surface area contributed by atoms with Gasteiger partial charge >= 0.3 is 5.97 Å². The van der Waals surface area contributed by atoms with E-state index in [-0.39, 0.29) is 17.3 Å². The standard InChI is InChI=1S/C20H21N5O3/c1-2-9-25-16-8-7-12(10-14(16)18(24-25)20(27)28)21-11-17-22-15-6-4-3-5-13(15)19(26)23-17/h2-6,12,21H,1,7-11H2,(H,27,28)(H,22,23,26). The number of hydrogen-bond acceptors (Lipinski definition) is 5. The maximum Gasteiger partial charge on any atom is 0.356 e. The number of nitrogens with zero attached hydrogens (tertiary/aromatic N) is 3. The summed E-state index contributed by atoms with van der Waals surface area (Å²) in [5, 5.41) is 17.7. The molecule has 1 aromatic carbocycles. The molecule has 1 atom stereocenters. The van der Waals surface area contributed by atoms with Crippen LogP contribution in [0.5, 0.6) is 0 Å². The lowest BCUT2D eigenvalue weighted by Gasteiger charge is -2.24. The van der Waals surface area contributed by atoms with Crippen molar-refractivity contribution in [3.05, 3.63) is 70.0 Å². The molecule has 0 spiro atoms. The largest absolute Gasteiger partial charge is 0.476 e. The van der Waals surface area contributed by atoms with Crippen molar-refractivity contribution in [2.24, 2.45) is 0 Å². The van der Waals surface area contributed by atoms with Gasteiger partial charge in [0.2, 0.25) is 0 Å². The van der Waals surface area contributed by atoms with E-state index in [0.29, 0.717) is 36.2 Å². The number of rotatable bonds is 6. The molecule has 0 saturated heterocycles. The fourth-order valence-corrected chi connectivity index (χ4v) is 3.77. The van der Waals surface area contributed by atoms with E-state index >= 15 is 0 Å².